The lowest BCUT2D eigenvalue weighted by Crippen LogP contribution is -2.31. The van der Waals surface area contributed by atoms with E-state index in [1.807, 2.05) is 60.7 Å². The zero-order chi connectivity index (χ0) is 21.8. The van der Waals surface area contributed by atoms with Crippen LogP contribution in [0.25, 0.3) is 5.57 Å². The molecule has 0 spiro atoms. The predicted octanol–water partition coefficient (Wildman–Crippen LogP) is 4.10. The number of hydrogen-bond acceptors (Lipinski definition) is 5. The first-order valence-corrected chi connectivity index (χ1v) is 9.81. The molecule has 3 aromatic rings. The number of benzene rings is 3. The van der Waals surface area contributed by atoms with Gasteiger partial charge in [0, 0.05) is 11.8 Å². The lowest BCUT2D eigenvalue weighted by Gasteiger charge is -2.15. The number of imide groups is 1. The quantitative estimate of drug-likeness (QED) is 0.590. The number of amides is 2. The Morgan fingerprint density at radius 3 is 2.06 bits per heavy atom. The molecule has 0 aromatic heterocycles. The Labute approximate surface area is 180 Å². The Morgan fingerprint density at radius 1 is 0.774 bits per heavy atom. The summed E-state index contributed by atoms with van der Waals surface area (Å²) in [4.78, 5) is 27.9. The molecule has 31 heavy (non-hydrogen) atoms. The third-order valence-electron chi connectivity index (χ3n) is 5.07. The molecule has 3 aromatic carbocycles. The predicted molar refractivity (Wildman–Crippen MR) is 119 cm³/mol. The largest absolute Gasteiger partial charge is 0.493 e. The molecule has 2 amide bonds. The van der Waals surface area contributed by atoms with Gasteiger partial charge in [-0.25, -0.2) is 0 Å². The second kappa shape index (κ2) is 8.75. The Morgan fingerprint density at radius 2 is 1.42 bits per heavy atom. The van der Waals surface area contributed by atoms with Crippen molar-refractivity contribution in [2.45, 2.75) is 6.54 Å². The summed E-state index contributed by atoms with van der Waals surface area (Å²) >= 11 is 0. The summed E-state index contributed by atoms with van der Waals surface area (Å²) in [5, 5.41) is 3.14. The number of rotatable bonds is 7. The topological polar surface area (TPSA) is 67.9 Å². The highest BCUT2D eigenvalue weighted by Crippen LogP contribution is 2.34. The van der Waals surface area contributed by atoms with Gasteiger partial charge in [0.05, 0.1) is 26.3 Å². The van der Waals surface area contributed by atoms with Gasteiger partial charge in [0.25, 0.3) is 11.8 Å². The van der Waals surface area contributed by atoms with Crippen LogP contribution >= 0.6 is 0 Å². The van der Waals surface area contributed by atoms with E-state index in [0.717, 1.165) is 5.56 Å². The van der Waals surface area contributed by atoms with Crippen LogP contribution in [0.2, 0.25) is 0 Å². The minimum Gasteiger partial charge on any atom is -0.493 e. The summed E-state index contributed by atoms with van der Waals surface area (Å²) in [7, 11) is 3.10. The van der Waals surface area contributed by atoms with Crippen molar-refractivity contribution in [3.8, 4) is 11.5 Å². The Kier molecular flexibility index (Phi) is 5.71. The van der Waals surface area contributed by atoms with Crippen LogP contribution < -0.4 is 14.8 Å². The molecular weight excluding hydrogens is 392 g/mol. The third kappa shape index (κ3) is 4.00. The van der Waals surface area contributed by atoms with Crippen LogP contribution in [0, 0.1) is 0 Å². The third-order valence-corrected chi connectivity index (χ3v) is 5.07. The summed E-state index contributed by atoms with van der Waals surface area (Å²) in [5.74, 6) is 0.391. The second-order valence-corrected chi connectivity index (χ2v) is 6.99. The number of carbonyl (C=O) groups excluding carboxylic acids is 2. The lowest BCUT2D eigenvalue weighted by molar-refractivity contribution is -0.137. The summed E-state index contributed by atoms with van der Waals surface area (Å²) in [6.45, 7) is 0.200. The van der Waals surface area contributed by atoms with Crippen LogP contribution in [0.1, 0.15) is 11.1 Å². The van der Waals surface area contributed by atoms with Crippen molar-refractivity contribution in [1.82, 2.24) is 4.90 Å². The van der Waals surface area contributed by atoms with Crippen molar-refractivity contribution in [3.05, 3.63) is 95.7 Å². The van der Waals surface area contributed by atoms with E-state index in [9.17, 15) is 9.59 Å². The molecule has 156 valence electrons. The normalized spacial score (nSPS) is 13.5. The van der Waals surface area contributed by atoms with E-state index >= 15 is 0 Å². The number of methoxy groups -OCH3 is 2. The molecule has 1 aliphatic rings. The van der Waals surface area contributed by atoms with Gasteiger partial charge in [0.2, 0.25) is 0 Å². The monoisotopic (exact) mass is 414 g/mol. The van der Waals surface area contributed by atoms with Gasteiger partial charge >= 0.3 is 0 Å². The molecule has 1 aliphatic heterocycles. The maximum Gasteiger partial charge on any atom is 0.278 e. The molecule has 1 heterocycles. The highest BCUT2D eigenvalue weighted by atomic mass is 16.5. The van der Waals surface area contributed by atoms with Crippen LogP contribution in [-0.2, 0) is 16.1 Å². The fourth-order valence-electron chi connectivity index (χ4n) is 3.53. The molecule has 0 unspecified atom stereocenters. The van der Waals surface area contributed by atoms with Crippen molar-refractivity contribution < 1.29 is 19.1 Å². The highest BCUT2D eigenvalue weighted by Gasteiger charge is 2.39. The zero-order valence-corrected chi connectivity index (χ0v) is 17.3. The van der Waals surface area contributed by atoms with Gasteiger partial charge in [-0.2, -0.15) is 0 Å². The molecule has 0 saturated carbocycles. The van der Waals surface area contributed by atoms with Crippen molar-refractivity contribution in [2.75, 3.05) is 19.5 Å². The summed E-state index contributed by atoms with van der Waals surface area (Å²) in [6.07, 6.45) is 0. The Hall–Kier alpha value is -4.06. The minimum absolute atomic E-state index is 0.200. The van der Waals surface area contributed by atoms with Gasteiger partial charge in [0.15, 0.2) is 11.5 Å². The SMILES string of the molecule is COc1ccc(NC2=C(c3ccccc3)C(=O)N(Cc3ccccc3)C2=O)cc1OC. The molecular formula is C25H22N2O4. The van der Waals surface area contributed by atoms with Crippen LogP contribution in [0.3, 0.4) is 0 Å². The molecule has 0 fully saturated rings. The molecule has 6 nitrogen and oxygen atoms in total. The van der Waals surface area contributed by atoms with E-state index in [-0.39, 0.29) is 24.1 Å². The van der Waals surface area contributed by atoms with Crippen LogP contribution in [0.15, 0.2) is 84.6 Å². The maximum atomic E-state index is 13.3. The summed E-state index contributed by atoms with van der Waals surface area (Å²) in [5.41, 5.74) is 2.75. The number of carbonyl (C=O) groups is 2. The van der Waals surface area contributed by atoms with Crippen molar-refractivity contribution >= 4 is 23.1 Å². The standard InChI is InChI=1S/C25H22N2O4/c1-30-20-14-13-19(15-21(20)31-2)26-23-22(18-11-7-4-8-12-18)24(28)27(25(23)29)16-17-9-5-3-6-10-17/h3-15,26H,16H2,1-2H3. The van der Waals surface area contributed by atoms with Crippen LogP contribution in [0.4, 0.5) is 5.69 Å². The average Bonchev–Trinajstić information content (AvgIpc) is 3.04. The first-order valence-electron chi connectivity index (χ1n) is 9.81. The van der Waals surface area contributed by atoms with Crippen molar-refractivity contribution in [3.63, 3.8) is 0 Å². The average molecular weight is 414 g/mol. The van der Waals surface area contributed by atoms with Gasteiger partial charge in [-0.1, -0.05) is 60.7 Å². The van der Waals surface area contributed by atoms with Gasteiger partial charge in [-0.05, 0) is 23.3 Å². The fourth-order valence-corrected chi connectivity index (χ4v) is 3.53. The van der Waals surface area contributed by atoms with Crippen LogP contribution in [0.5, 0.6) is 11.5 Å². The van der Waals surface area contributed by atoms with Crippen LogP contribution in [-0.4, -0.2) is 30.9 Å². The van der Waals surface area contributed by atoms with Gasteiger partial charge in [-0.15, -0.1) is 0 Å². The number of anilines is 1. The number of ether oxygens (including phenoxy) is 2. The fraction of sp³-hybridized carbons (Fsp3) is 0.120. The zero-order valence-electron chi connectivity index (χ0n) is 17.3. The van der Waals surface area contributed by atoms with Gasteiger partial charge in [0.1, 0.15) is 5.70 Å². The maximum absolute atomic E-state index is 13.3. The Bertz CT molecular complexity index is 1140. The molecule has 4 rings (SSSR count). The molecule has 0 saturated heterocycles. The van der Waals surface area contributed by atoms with Crippen molar-refractivity contribution in [2.24, 2.45) is 0 Å². The van der Waals surface area contributed by atoms with E-state index in [4.69, 9.17) is 9.47 Å². The molecule has 1 N–H and O–H groups in total. The van der Waals surface area contributed by atoms with E-state index in [1.54, 1.807) is 32.4 Å². The first kappa shape index (κ1) is 20.2. The van der Waals surface area contributed by atoms with E-state index < -0.39 is 0 Å². The minimum atomic E-state index is -0.373. The second-order valence-electron chi connectivity index (χ2n) is 6.99. The molecule has 0 aliphatic carbocycles. The smallest absolute Gasteiger partial charge is 0.278 e. The lowest BCUT2D eigenvalue weighted by atomic mass is 10.0. The van der Waals surface area contributed by atoms with E-state index in [0.29, 0.717) is 28.3 Å². The molecule has 0 bridgehead atoms. The molecule has 0 atom stereocenters. The summed E-state index contributed by atoms with van der Waals surface area (Å²) < 4.78 is 10.6. The van der Waals surface area contributed by atoms with Crippen molar-refractivity contribution in [1.29, 1.82) is 0 Å². The molecule has 0 radical (unpaired) electrons. The summed E-state index contributed by atoms with van der Waals surface area (Å²) in [6, 6.07) is 23.9. The number of nitrogens with zero attached hydrogens (tertiary/aromatic N) is 1. The first-order chi connectivity index (χ1) is 15.1. The van der Waals surface area contributed by atoms with E-state index in [2.05, 4.69) is 5.32 Å². The van der Waals surface area contributed by atoms with Gasteiger partial charge in [-0.3, -0.25) is 14.5 Å². The number of nitrogens with one attached hydrogen (secondary N) is 1. The number of hydrogen-bond donors (Lipinski definition) is 1. The highest BCUT2D eigenvalue weighted by molar-refractivity contribution is 6.36. The van der Waals surface area contributed by atoms with E-state index in [1.165, 1.54) is 4.90 Å². The molecule has 6 heteroatoms. The van der Waals surface area contributed by atoms with Gasteiger partial charge < -0.3 is 14.8 Å². The Balaban J connectivity index is 1.73.